The number of methoxy groups -OCH3 is 1. The second kappa shape index (κ2) is 10.0. The van der Waals surface area contributed by atoms with Gasteiger partial charge < -0.3 is 10.1 Å². The highest BCUT2D eigenvalue weighted by molar-refractivity contribution is 8.03. The van der Waals surface area contributed by atoms with Crippen LogP contribution in [0.15, 0.2) is 26.9 Å². The molecule has 1 aromatic heterocycles. The number of nitrogens with zero attached hydrogens (tertiary/aromatic N) is 2. The van der Waals surface area contributed by atoms with Crippen LogP contribution < -0.4 is 10.1 Å². The number of aromatic nitrogens is 2. The normalized spacial score (nSPS) is 12.0. The summed E-state index contributed by atoms with van der Waals surface area (Å²) in [5, 5.41) is 11.0. The molecule has 0 unspecified atom stereocenters. The maximum absolute atomic E-state index is 12.5. The molecule has 0 bridgehead atoms. The van der Waals surface area contributed by atoms with Crippen molar-refractivity contribution < 1.29 is 9.53 Å². The number of anilines is 1. The van der Waals surface area contributed by atoms with E-state index in [2.05, 4.69) is 22.4 Å². The van der Waals surface area contributed by atoms with Crippen LogP contribution >= 0.6 is 34.9 Å². The van der Waals surface area contributed by atoms with Crippen LogP contribution in [0.4, 0.5) is 5.69 Å². The van der Waals surface area contributed by atoms with E-state index in [4.69, 9.17) is 4.74 Å². The lowest BCUT2D eigenvalue weighted by molar-refractivity contribution is -0.115. The zero-order chi connectivity index (χ0) is 18.2. The lowest BCUT2D eigenvalue weighted by Crippen LogP contribution is -2.22. The highest BCUT2D eigenvalue weighted by atomic mass is 32.2. The highest BCUT2D eigenvalue weighted by Crippen LogP contribution is 2.32. The van der Waals surface area contributed by atoms with Gasteiger partial charge in [0, 0.05) is 5.75 Å². The van der Waals surface area contributed by atoms with E-state index in [1.165, 1.54) is 24.6 Å². The maximum atomic E-state index is 12.5. The SMILES string of the molecule is CCCCSc1nnc(S[C@@H](C)C(=O)Nc2cc(C)ccc2OC)s1. The molecular weight excluding hydrogens is 374 g/mol. The van der Waals surface area contributed by atoms with E-state index in [-0.39, 0.29) is 11.2 Å². The second-order valence-corrected chi connectivity index (χ2v) is 9.40. The predicted molar refractivity (Wildman–Crippen MR) is 107 cm³/mol. The van der Waals surface area contributed by atoms with Gasteiger partial charge in [0.25, 0.3) is 0 Å². The number of ether oxygens (including phenoxy) is 1. The average Bonchev–Trinajstić information content (AvgIpc) is 3.02. The summed E-state index contributed by atoms with van der Waals surface area (Å²) in [6.45, 7) is 6.02. The number of benzene rings is 1. The van der Waals surface area contributed by atoms with Crippen molar-refractivity contribution in [3.05, 3.63) is 23.8 Å². The van der Waals surface area contributed by atoms with Crippen LogP contribution in [0.5, 0.6) is 5.75 Å². The first-order valence-electron chi connectivity index (χ1n) is 8.12. The summed E-state index contributed by atoms with van der Waals surface area (Å²) in [7, 11) is 1.59. The van der Waals surface area contributed by atoms with Crippen LogP contribution in [0.25, 0.3) is 0 Å². The van der Waals surface area contributed by atoms with Gasteiger partial charge in [-0.3, -0.25) is 4.79 Å². The van der Waals surface area contributed by atoms with E-state index in [1.807, 2.05) is 32.0 Å². The molecule has 1 N–H and O–H groups in total. The summed E-state index contributed by atoms with van der Waals surface area (Å²) < 4.78 is 7.08. The van der Waals surface area contributed by atoms with Crippen LogP contribution in [0, 0.1) is 6.92 Å². The van der Waals surface area contributed by atoms with Crippen LogP contribution in [0.3, 0.4) is 0 Å². The summed E-state index contributed by atoms with van der Waals surface area (Å²) in [5.74, 6) is 1.63. The Balaban J connectivity index is 1.93. The van der Waals surface area contributed by atoms with Crippen molar-refractivity contribution in [2.75, 3.05) is 18.2 Å². The van der Waals surface area contributed by atoms with E-state index in [0.29, 0.717) is 11.4 Å². The molecule has 0 fully saturated rings. The molecule has 0 aliphatic rings. The highest BCUT2D eigenvalue weighted by Gasteiger charge is 2.19. The minimum Gasteiger partial charge on any atom is -0.495 e. The van der Waals surface area contributed by atoms with E-state index in [0.717, 1.165) is 20.0 Å². The molecule has 0 radical (unpaired) electrons. The van der Waals surface area contributed by atoms with Gasteiger partial charge >= 0.3 is 0 Å². The minimum atomic E-state index is -0.272. The summed E-state index contributed by atoms with van der Waals surface area (Å²) >= 11 is 4.70. The number of amides is 1. The average molecular weight is 398 g/mol. The first-order valence-corrected chi connectivity index (χ1v) is 10.8. The van der Waals surface area contributed by atoms with Gasteiger partial charge in [0.05, 0.1) is 18.0 Å². The van der Waals surface area contributed by atoms with Crippen LogP contribution in [0.2, 0.25) is 0 Å². The molecule has 136 valence electrons. The molecule has 1 heterocycles. The Morgan fingerprint density at radius 1 is 1.36 bits per heavy atom. The van der Waals surface area contributed by atoms with Gasteiger partial charge in [-0.15, -0.1) is 10.2 Å². The zero-order valence-corrected chi connectivity index (χ0v) is 17.3. The molecule has 0 spiro atoms. The Labute approximate surface area is 161 Å². The minimum absolute atomic E-state index is 0.0794. The van der Waals surface area contributed by atoms with Crippen molar-refractivity contribution in [2.45, 2.75) is 47.5 Å². The molecule has 0 saturated heterocycles. The smallest absolute Gasteiger partial charge is 0.237 e. The number of carbonyl (C=O) groups is 1. The molecule has 25 heavy (non-hydrogen) atoms. The van der Waals surface area contributed by atoms with Crippen LogP contribution in [0.1, 0.15) is 32.3 Å². The Bertz CT molecular complexity index is 706. The van der Waals surface area contributed by atoms with Gasteiger partial charge in [-0.25, -0.2) is 0 Å². The molecule has 1 atom stereocenters. The van der Waals surface area contributed by atoms with E-state index < -0.39 is 0 Å². The lowest BCUT2D eigenvalue weighted by Gasteiger charge is -2.13. The Hall–Kier alpha value is -1.25. The Morgan fingerprint density at radius 2 is 2.12 bits per heavy atom. The number of nitrogens with one attached hydrogen (secondary N) is 1. The zero-order valence-electron chi connectivity index (χ0n) is 14.9. The first kappa shape index (κ1) is 20.1. The van der Waals surface area contributed by atoms with Gasteiger partial charge in [0.15, 0.2) is 8.68 Å². The number of carbonyl (C=O) groups excluding carboxylic acids is 1. The van der Waals surface area contributed by atoms with Gasteiger partial charge in [-0.2, -0.15) is 0 Å². The number of unbranched alkanes of at least 4 members (excludes halogenated alkanes) is 1. The third kappa shape index (κ3) is 6.20. The Morgan fingerprint density at radius 3 is 2.84 bits per heavy atom. The maximum Gasteiger partial charge on any atom is 0.237 e. The molecule has 2 rings (SSSR count). The molecule has 8 heteroatoms. The fourth-order valence-corrected chi connectivity index (χ4v) is 5.28. The van der Waals surface area contributed by atoms with E-state index >= 15 is 0 Å². The predicted octanol–water partition coefficient (Wildman–Crippen LogP) is 4.87. The molecule has 1 amide bonds. The quantitative estimate of drug-likeness (QED) is 0.481. The number of hydrogen-bond donors (Lipinski definition) is 1. The largest absolute Gasteiger partial charge is 0.495 e. The van der Waals surface area contributed by atoms with Crippen LogP contribution in [-0.4, -0.2) is 34.2 Å². The summed E-state index contributed by atoms with van der Waals surface area (Å²) in [4.78, 5) is 12.5. The molecule has 0 aliphatic heterocycles. The summed E-state index contributed by atoms with van der Waals surface area (Å²) in [6, 6.07) is 5.71. The molecule has 0 saturated carbocycles. The summed E-state index contributed by atoms with van der Waals surface area (Å²) in [6.07, 6.45) is 2.34. The fourth-order valence-electron chi connectivity index (χ4n) is 1.97. The molecule has 5 nitrogen and oxygen atoms in total. The third-order valence-corrected chi connectivity index (χ3v) is 6.70. The molecule has 2 aromatic rings. The summed E-state index contributed by atoms with van der Waals surface area (Å²) in [5.41, 5.74) is 1.75. The first-order chi connectivity index (χ1) is 12.0. The van der Waals surface area contributed by atoms with Crippen molar-refractivity contribution in [1.82, 2.24) is 10.2 Å². The number of rotatable bonds is 9. The third-order valence-electron chi connectivity index (χ3n) is 3.37. The van der Waals surface area contributed by atoms with E-state index in [1.54, 1.807) is 30.2 Å². The molecular formula is C17H23N3O2S3. The van der Waals surface area contributed by atoms with Crippen molar-refractivity contribution in [3.8, 4) is 5.75 Å². The lowest BCUT2D eigenvalue weighted by atomic mass is 10.2. The fraction of sp³-hybridized carbons (Fsp3) is 0.471. The van der Waals surface area contributed by atoms with Crippen molar-refractivity contribution in [1.29, 1.82) is 0 Å². The second-order valence-electron chi connectivity index (χ2n) is 5.49. The van der Waals surface area contributed by atoms with Crippen molar-refractivity contribution in [2.24, 2.45) is 0 Å². The topological polar surface area (TPSA) is 64.1 Å². The van der Waals surface area contributed by atoms with E-state index in [9.17, 15) is 4.79 Å². The monoisotopic (exact) mass is 397 g/mol. The number of hydrogen-bond acceptors (Lipinski definition) is 7. The van der Waals surface area contributed by atoms with Crippen molar-refractivity contribution in [3.63, 3.8) is 0 Å². The van der Waals surface area contributed by atoms with Crippen LogP contribution in [-0.2, 0) is 4.79 Å². The molecule has 0 aliphatic carbocycles. The standard InChI is InChI=1S/C17H23N3O2S3/c1-5-6-9-23-16-19-20-17(25-16)24-12(3)15(21)18-13-10-11(2)7-8-14(13)22-4/h7-8,10,12H,5-6,9H2,1-4H3,(H,18,21)/t12-/m0/s1. The molecule has 1 aromatic carbocycles. The number of aryl methyl sites for hydroxylation is 1. The Kier molecular flexibility index (Phi) is 8.05. The van der Waals surface area contributed by atoms with Crippen molar-refractivity contribution >= 4 is 46.5 Å². The van der Waals surface area contributed by atoms with Gasteiger partial charge in [-0.05, 0) is 38.0 Å². The number of thioether (sulfide) groups is 2. The van der Waals surface area contributed by atoms with Gasteiger partial charge in [-0.1, -0.05) is 54.3 Å². The van der Waals surface area contributed by atoms with Gasteiger partial charge in [0.1, 0.15) is 5.75 Å². The van der Waals surface area contributed by atoms with Gasteiger partial charge in [0.2, 0.25) is 5.91 Å².